The van der Waals surface area contributed by atoms with Gasteiger partial charge in [-0.2, -0.15) is 0 Å². The monoisotopic (exact) mass is 891 g/mol. The van der Waals surface area contributed by atoms with Crippen LogP contribution in [-0.4, -0.2) is 185 Å². The molecule has 62 heavy (non-hydrogen) atoms. The largest absolute Gasteiger partial charge is 0.480 e. The van der Waals surface area contributed by atoms with Crippen molar-refractivity contribution in [1.82, 2.24) is 47.9 Å². The van der Waals surface area contributed by atoms with Crippen molar-refractivity contribution in [2.24, 2.45) is 28.1 Å². The molecule has 0 aromatic carbocycles. The predicted octanol–water partition coefficient (Wildman–Crippen LogP) is -9.87. The first-order chi connectivity index (χ1) is 29.0. The summed E-state index contributed by atoms with van der Waals surface area (Å²) >= 11 is 0. The highest BCUT2D eigenvalue weighted by Crippen LogP contribution is 2.08. The maximum Gasteiger partial charge on any atom is 0.328 e. The van der Waals surface area contributed by atoms with E-state index in [0.717, 1.165) is 6.92 Å². The first-order valence-electron chi connectivity index (χ1n) is 19.2. The number of hydrogen-bond donors (Lipinski definition) is 17. The normalized spacial score (nSPS) is 15.1. The van der Waals surface area contributed by atoms with Crippen LogP contribution in [0.2, 0.25) is 0 Å². The van der Waals surface area contributed by atoms with Gasteiger partial charge < -0.3 is 90.6 Å². The van der Waals surface area contributed by atoms with Crippen LogP contribution < -0.4 is 65.1 Å². The third-order valence-corrected chi connectivity index (χ3v) is 8.66. The Kier molecular flexibility index (Phi) is 26.2. The lowest BCUT2D eigenvalue weighted by Gasteiger charge is -2.25. The number of aliphatic hydroxyl groups excluding tert-OH is 4. The summed E-state index contributed by atoms with van der Waals surface area (Å²) in [6.07, 6.45) is -1.02. The van der Waals surface area contributed by atoms with Gasteiger partial charge in [0, 0.05) is 6.54 Å². The zero-order valence-corrected chi connectivity index (χ0v) is 34.8. The van der Waals surface area contributed by atoms with Crippen molar-refractivity contribution in [3.8, 4) is 0 Å². The van der Waals surface area contributed by atoms with Crippen molar-refractivity contribution < 1.29 is 73.5 Å². The van der Waals surface area contributed by atoms with Crippen molar-refractivity contribution in [3.05, 3.63) is 0 Å². The van der Waals surface area contributed by atoms with Gasteiger partial charge in [0.15, 0.2) is 12.0 Å². The quantitative estimate of drug-likeness (QED) is 0.0188. The Morgan fingerprint density at radius 3 is 1.60 bits per heavy atom. The van der Waals surface area contributed by atoms with E-state index in [1.165, 1.54) is 6.92 Å². The van der Waals surface area contributed by atoms with Crippen LogP contribution >= 0.6 is 0 Å². The van der Waals surface area contributed by atoms with Crippen molar-refractivity contribution in [1.29, 1.82) is 0 Å². The van der Waals surface area contributed by atoms with Gasteiger partial charge in [0.2, 0.25) is 53.2 Å². The van der Waals surface area contributed by atoms with Crippen LogP contribution in [0.15, 0.2) is 4.99 Å². The number of rotatable bonds is 29. The summed E-state index contributed by atoms with van der Waals surface area (Å²) < 4.78 is 0. The van der Waals surface area contributed by atoms with Gasteiger partial charge in [0.1, 0.15) is 36.3 Å². The lowest BCUT2D eigenvalue weighted by atomic mass is 9.98. The average molecular weight is 892 g/mol. The topological polar surface area (TPSA) is 471 Å². The SMILES string of the molecule is CC[C@H](C)[C@H](NC(=O)[C@@H](N)CO)C(=O)NCC(=O)N[C@@H](CCCN=C(N)N)C(=O)N[C@@H](CO)C(=O)NCC(=O)NCC(=O)N[C@@H](CO)C(=O)N[C@@H](C)C(=O)N[C@H](C(=O)O)[C@@H](C)O. The summed E-state index contributed by atoms with van der Waals surface area (Å²) in [5.41, 5.74) is 16.2. The number of aliphatic carboxylic acids is 1. The van der Waals surface area contributed by atoms with Gasteiger partial charge >= 0.3 is 5.97 Å². The lowest BCUT2D eigenvalue weighted by molar-refractivity contribution is -0.145. The molecule has 0 unspecified atom stereocenters. The molecule has 0 bridgehead atoms. The van der Waals surface area contributed by atoms with Crippen molar-refractivity contribution in [2.45, 2.75) is 95.4 Å². The number of aliphatic hydroxyl groups is 4. The number of carboxylic acid groups (broad SMARTS) is 1. The van der Waals surface area contributed by atoms with Crippen molar-refractivity contribution in [3.63, 3.8) is 0 Å². The minimum atomic E-state index is -1.69. The van der Waals surface area contributed by atoms with E-state index in [1.54, 1.807) is 13.8 Å². The second-order valence-electron chi connectivity index (χ2n) is 13.8. The van der Waals surface area contributed by atoms with Gasteiger partial charge in [-0.1, -0.05) is 20.3 Å². The second-order valence-corrected chi connectivity index (χ2v) is 13.8. The molecule has 9 atom stereocenters. The molecule has 0 fully saturated rings. The van der Waals surface area contributed by atoms with E-state index in [9.17, 15) is 63.3 Å². The molecular weight excluding hydrogens is 830 g/mol. The molecule has 28 nitrogen and oxygen atoms in total. The van der Waals surface area contributed by atoms with E-state index >= 15 is 0 Å². The molecule has 352 valence electrons. The summed E-state index contributed by atoms with van der Waals surface area (Å²) in [6.45, 7) is 0.845. The highest BCUT2D eigenvalue weighted by Gasteiger charge is 2.31. The van der Waals surface area contributed by atoms with E-state index in [1.807, 2.05) is 5.32 Å². The Morgan fingerprint density at radius 1 is 0.581 bits per heavy atom. The standard InChI is InChI=1S/C34H61N13O15/c1-5-15(2)25(46-28(56)18(35)12-48)32(60)41-11-24(54)43-19(7-6-8-38-34(36)37)30(58)45-20(13-49)29(57)40-9-22(52)39-10-23(53)44-21(14-50)31(59)42-16(3)27(55)47-26(17(4)51)33(61)62/h15-21,25-26,48-51H,5-14,35H2,1-4H3,(H,39,52)(H,40,57)(H,41,60)(H,42,59)(H,43,54)(H,44,53)(H,45,58)(H,46,56)(H,47,55)(H,61,62)(H4,36,37,38)/t15-,16-,17+,18-,19-,20-,21-,25-,26-/m0/s1. The molecule has 0 aliphatic rings. The molecule has 0 aliphatic carbocycles. The van der Waals surface area contributed by atoms with Crippen molar-refractivity contribution >= 4 is 65.1 Å². The average Bonchev–Trinajstić information content (AvgIpc) is 3.22. The maximum atomic E-state index is 13.2. The Balaban J connectivity index is 5.36. The number of carboxylic acids is 1. The minimum absolute atomic E-state index is 0.0237. The third kappa shape index (κ3) is 21.3. The molecular formula is C34H61N13O15. The maximum absolute atomic E-state index is 13.2. The van der Waals surface area contributed by atoms with Gasteiger partial charge in [0.25, 0.3) is 0 Å². The van der Waals surface area contributed by atoms with Crippen LogP contribution in [0, 0.1) is 5.92 Å². The molecule has 0 spiro atoms. The molecule has 0 radical (unpaired) electrons. The van der Waals surface area contributed by atoms with E-state index in [0.29, 0.717) is 6.42 Å². The molecule has 0 heterocycles. The fourth-order valence-electron chi connectivity index (χ4n) is 4.82. The van der Waals surface area contributed by atoms with E-state index in [-0.39, 0.29) is 25.3 Å². The highest BCUT2D eigenvalue weighted by atomic mass is 16.4. The number of nitrogens with one attached hydrogen (secondary N) is 9. The number of aliphatic imine (C=N–C) groups is 1. The van der Waals surface area contributed by atoms with Crippen LogP contribution in [0.25, 0.3) is 0 Å². The molecule has 0 aromatic heterocycles. The Hall–Kier alpha value is -6.23. The van der Waals surface area contributed by atoms with Gasteiger partial charge in [-0.15, -0.1) is 0 Å². The van der Waals surface area contributed by atoms with Crippen LogP contribution in [0.4, 0.5) is 0 Å². The minimum Gasteiger partial charge on any atom is -0.480 e. The Labute approximate surface area is 355 Å². The van der Waals surface area contributed by atoms with E-state index < -0.39 is 153 Å². The number of hydrogen-bond acceptors (Lipinski definition) is 16. The molecule has 0 aliphatic heterocycles. The first kappa shape index (κ1) is 55.8. The molecule has 0 saturated heterocycles. The number of nitrogens with zero attached hydrogens (tertiary/aromatic N) is 1. The van der Waals surface area contributed by atoms with Crippen molar-refractivity contribution in [2.75, 3.05) is 46.0 Å². The lowest BCUT2D eigenvalue weighted by Crippen LogP contribution is -2.58. The number of guanidine groups is 1. The summed E-state index contributed by atoms with van der Waals surface area (Å²) in [4.78, 5) is 129. The summed E-state index contributed by atoms with van der Waals surface area (Å²) in [5.74, 6) is -10.7. The third-order valence-electron chi connectivity index (χ3n) is 8.66. The number of carbonyl (C=O) groups is 10. The van der Waals surface area contributed by atoms with E-state index in [4.69, 9.17) is 27.4 Å². The fourth-order valence-corrected chi connectivity index (χ4v) is 4.82. The smallest absolute Gasteiger partial charge is 0.328 e. The predicted molar refractivity (Wildman–Crippen MR) is 214 cm³/mol. The molecule has 20 N–H and O–H groups in total. The van der Waals surface area contributed by atoms with Crippen LogP contribution in [0.5, 0.6) is 0 Å². The molecule has 0 saturated carbocycles. The fraction of sp³-hybridized carbons (Fsp3) is 0.676. The number of carbonyl (C=O) groups excluding carboxylic acids is 9. The zero-order valence-electron chi connectivity index (χ0n) is 34.8. The van der Waals surface area contributed by atoms with Crippen LogP contribution in [0.1, 0.15) is 47.0 Å². The summed E-state index contributed by atoms with van der Waals surface area (Å²) in [5, 5.41) is 67.1. The van der Waals surface area contributed by atoms with Crippen LogP contribution in [0.3, 0.4) is 0 Å². The first-order valence-corrected chi connectivity index (χ1v) is 19.2. The zero-order chi connectivity index (χ0) is 47.7. The van der Waals surface area contributed by atoms with Gasteiger partial charge in [-0.3, -0.25) is 48.1 Å². The highest BCUT2D eigenvalue weighted by molar-refractivity contribution is 5.96. The van der Waals surface area contributed by atoms with Gasteiger partial charge in [-0.05, 0) is 32.6 Å². The number of nitrogens with two attached hydrogens (primary N) is 3. The van der Waals surface area contributed by atoms with E-state index in [2.05, 4.69) is 47.5 Å². The van der Waals surface area contributed by atoms with Crippen LogP contribution in [-0.2, 0) is 47.9 Å². The molecule has 9 amide bonds. The molecule has 0 aromatic rings. The van der Waals surface area contributed by atoms with Gasteiger partial charge in [0.05, 0.1) is 45.6 Å². The number of amides is 9. The molecule has 28 heteroatoms. The Bertz CT molecular complexity index is 1600. The Morgan fingerprint density at radius 2 is 1.08 bits per heavy atom. The molecule has 0 rings (SSSR count). The second kappa shape index (κ2) is 29.1. The summed E-state index contributed by atoms with van der Waals surface area (Å²) in [7, 11) is 0. The summed E-state index contributed by atoms with van der Waals surface area (Å²) in [6, 6.07) is -10.2. The van der Waals surface area contributed by atoms with Gasteiger partial charge in [-0.25, -0.2) is 4.79 Å².